The normalized spacial score (nSPS) is 11.8. The summed E-state index contributed by atoms with van der Waals surface area (Å²) in [7, 11) is 0. The van der Waals surface area contributed by atoms with Gasteiger partial charge < -0.3 is 9.64 Å². The van der Waals surface area contributed by atoms with E-state index < -0.39 is 0 Å². The monoisotopic (exact) mass is 309 g/mol. The number of ether oxygens (including phenoxy) is 1. The molecule has 0 saturated heterocycles. The van der Waals surface area contributed by atoms with Crippen LogP contribution in [0.15, 0.2) is 30.3 Å². The first-order valence-electron chi connectivity index (χ1n) is 7.24. The second kappa shape index (κ2) is 9.45. The molecule has 5 heteroatoms. The molecule has 1 aromatic carbocycles. The summed E-state index contributed by atoms with van der Waals surface area (Å²) < 4.78 is 4.94. The van der Waals surface area contributed by atoms with E-state index in [-0.39, 0.29) is 22.9 Å². The van der Waals surface area contributed by atoms with Crippen LogP contribution in [0.5, 0.6) is 0 Å². The number of carbonyl (C=O) groups excluding carboxylic acids is 2. The number of likely N-dealkylation sites (N-methyl/N-ethyl adjacent to an activating group) is 1. The number of benzene rings is 1. The summed E-state index contributed by atoms with van der Waals surface area (Å²) in [6, 6.07) is 9.57. The largest absolute Gasteiger partial charge is 0.465 e. The van der Waals surface area contributed by atoms with E-state index in [9.17, 15) is 9.59 Å². The minimum atomic E-state index is -0.365. The number of nitrogens with zero attached hydrogens (tertiary/aromatic N) is 1. The zero-order valence-electron chi connectivity index (χ0n) is 12.9. The van der Waals surface area contributed by atoms with Crippen molar-refractivity contribution in [2.75, 3.05) is 25.4 Å². The number of amides is 1. The van der Waals surface area contributed by atoms with Gasteiger partial charge in [-0.1, -0.05) is 30.3 Å². The number of esters is 1. The van der Waals surface area contributed by atoms with Crippen LogP contribution in [-0.4, -0.2) is 42.2 Å². The van der Waals surface area contributed by atoms with Gasteiger partial charge >= 0.3 is 5.97 Å². The van der Waals surface area contributed by atoms with Crippen LogP contribution in [0.2, 0.25) is 0 Å². The number of hydrogen-bond donors (Lipinski definition) is 0. The second-order valence-corrected chi connectivity index (χ2v) is 5.51. The van der Waals surface area contributed by atoms with Gasteiger partial charge in [0.1, 0.15) is 5.25 Å². The average molecular weight is 309 g/mol. The molecule has 0 aliphatic rings. The van der Waals surface area contributed by atoms with Crippen molar-refractivity contribution in [2.24, 2.45) is 0 Å². The van der Waals surface area contributed by atoms with Gasteiger partial charge in [0.05, 0.1) is 12.4 Å². The summed E-state index contributed by atoms with van der Waals surface area (Å²) in [6.45, 7) is 7.38. The van der Waals surface area contributed by atoms with E-state index in [4.69, 9.17) is 4.74 Å². The lowest BCUT2D eigenvalue weighted by Gasteiger charge is -2.25. The van der Waals surface area contributed by atoms with Crippen molar-refractivity contribution in [3.05, 3.63) is 35.9 Å². The molecule has 1 amide bonds. The smallest absolute Gasteiger partial charge is 0.315 e. The van der Waals surface area contributed by atoms with Gasteiger partial charge in [0, 0.05) is 13.1 Å². The predicted octanol–water partition coefficient (Wildman–Crippen LogP) is 2.89. The summed E-state index contributed by atoms with van der Waals surface area (Å²) in [5.41, 5.74) is 0.920. The fourth-order valence-electron chi connectivity index (χ4n) is 1.99. The van der Waals surface area contributed by atoms with E-state index in [1.165, 1.54) is 11.8 Å². The van der Waals surface area contributed by atoms with Crippen molar-refractivity contribution in [3.8, 4) is 0 Å². The topological polar surface area (TPSA) is 46.6 Å². The Morgan fingerprint density at radius 1 is 1.14 bits per heavy atom. The van der Waals surface area contributed by atoms with Crippen molar-refractivity contribution in [1.29, 1.82) is 0 Å². The van der Waals surface area contributed by atoms with Gasteiger partial charge in [-0.2, -0.15) is 0 Å². The molecule has 1 atom stereocenters. The molecule has 0 aliphatic heterocycles. The Labute approximate surface area is 130 Å². The van der Waals surface area contributed by atoms with Gasteiger partial charge in [-0.3, -0.25) is 9.59 Å². The minimum absolute atomic E-state index is 0.0421. The SMILES string of the molecule is CCOC(=O)CSC(C(=O)N(CC)CC)c1ccccc1. The summed E-state index contributed by atoms with van der Waals surface area (Å²) in [4.78, 5) is 26.0. The van der Waals surface area contributed by atoms with E-state index in [2.05, 4.69) is 0 Å². The van der Waals surface area contributed by atoms with Crippen molar-refractivity contribution < 1.29 is 14.3 Å². The quantitative estimate of drug-likeness (QED) is 0.693. The minimum Gasteiger partial charge on any atom is -0.465 e. The van der Waals surface area contributed by atoms with Gasteiger partial charge in [0.25, 0.3) is 0 Å². The first kappa shape index (κ1) is 17.6. The lowest BCUT2D eigenvalue weighted by Crippen LogP contribution is -2.34. The van der Waals surface area contributed by atoms with Crippen molar-refractivity contribution in [2.45, 2.75) is 26.0 Å². The maximum atomic E-state index is 12.6. The first-order chi connectivity index (χ1) is 10.1. The molecule has 1 unspecified atom stereocenters. The summed E-state index contributed by atoms with van der Waals surface area (Å²) >= 11 is 1.32. The summed E-state index contributed by atoms with van der Waals surface area (Å²) in [5.74, 6) is -0.0586. The van der Waals surface area contributed by atoms with Crippen molar-refractivity contribution in [1.82, 2.24) is 4.90 Å². The second-order valence-electron chi connectivity index (χ2n) is 4.42. The van der Waals surface area contributed by atoms with Crippen LogP contribution in [0.25, 0.3) is 0 Å². The molecule has 0 aromatic heterocycles. The molecule has 1 rings (SSSR count). The van der Waals surface area contributed by atoms with Crippen LogP contribution in [0.3, 0.4) is 0 Å². The van der Waals surface area contributed by atoms with Crippen LogP contribution in [0.4, 0.5) is 0 Å². The lowest BCUT2D eigenvalue weighted by atomic mass is 10.1. The zero-order valence-corrected chi connectivity index (χ0v) is 13.7. The van der Waals surface area contributed by atoms with Gasteiger partial charge in [-0.15, -0.1) is 11.8 Å². The molecule has 0 N–H and O–H groups in total. The zero-order chi connectivity index (χ0) is 15.7. The highest BCUT2D eigenvalue weighted by Gasteiger charge is 2.25. The molecular weight excluding hydrogens is 286 g/mol. The maximum absolute atomic E-state index is 12.6. The number of rotatable bonds is 8. The molecule has 0 radical (unpaired) electrons. The lowest BCUT2D eigenvalue weighted by molar-refractivity contribution is -0.139. The Bertz CT molecular complexity index is 446. The van der Waals surface area contributed by atoms with E-state index in [1.54, 1.807) is 11.8 Å². The van der Waals surface area contributed by atoms with E-state index in [0.29, 0.717) is 19.7 Å². The molecule has 1 aromatic rings. The Hall–Kier alpha value is -1.49. The Morgan fingerprint density at radius 3 is 2.29 bits per heavy atom. The Kier molecular flexibility index (Phi) is 7.90. The van der Waals surface area contributed by atoms with Crippen LogP contribution < -0.4 is 0 Å². The molecule has 0 aliphatic carbocycles. The molecule has 0 fully saturated rings. The van der Waals surface area contributed by atoms with Gasteiger partial charge in [0.15, 0.2) is 0 Å². The Morgan fingerprint density at radius 2 is 1.76 bits per heavy atom. The van der Waals surface area contributed by atoms with E-state index in [0.717, 1.165) is 5.56 Å². The molecule has 0 heterocycles. The number of carbonyl (C=O) groups is 2. The molecule has 0 saturated carbocycles. The number of hydrogen-bond acceptors (Lipinski definition) is 4. The molecule has 0 bridgehead atoms. The Balaban J connectivity index is 2.85. The highest BCUT2D eigenvalue weighted by Crippen LogP contribution is 2.30. The molecule has 0 spiro atoms. The molecule has 116 valence electrons. The van der Waals surface area contributed by atoms with Crippen molar-refractivity contribution >= 4 is 23.6 Å². The molecular formula is C16H23NO3S. The number of thioether (sulfide) groups is 1. The fraction of sp³-hybridized carbons (Fsp3) is 0.500. The third-order valence-corrected chi connectivity index (χ3v) is 4.28. The van der Waals surface area contributed by atoms with E-state index in [1.807, 2.05) is 44.2 Å². The van der Waals surface area contributed by atoms with Gasteiger partial charge in [-0.05, 0) is 26.3 Å². The summed E-state index contributed by atoms with van der Waals surface area (Å²) in [5, 5.41) is -0.365. The summed E-state index contributed by atoms with van der Waals surface area (Å²) in [6.07, 6.45) is 0. The average Bonchev–Trinajstić information content (AvgIpc) is 2.50. The highest BCUT2D eigenvalue weighted by molar-refractivity contribution is 8.00. The third-order valence-electron chi connectivity index (χ3n) is 3.07. The fourth-order valence-corrected chi connectivity index (χ4v) is 3.02. The van der Waals surface area contributed by atoms with Gasteiger partial charge in [-0.25, -0.2) is 0 Å². The van der Waals surface area contributed by atoms with Crippen LogP contribution in [0.1, 0.15) is 31.6 Å². The highest BCUT2D eigenvalue weighted by atomic mass is 32.2. The van der Waals surface area contributed by atoms with Gasteiger partial charge in [0.2, 0.25) is 5.91 Å². The first-order valence-corrected chi connectivity index (χ1v) is 8.29. The van der Waals surface area contributed by atoms with Crippen LogP contribution in [0, 0.1) is 0 Å². The maximum Gasteiger partial charge on any atom is 0.315 e. The predicted molar refractivity (Wildman–Crippen MR) is 86.2 cm³/mol. The van der Waals surface area contributed by atoms with E-state index >= 15 is 0 Å². The van der Waals surface area contributed by atoms with Crippen LogP contribution in [-0.2, 0) is 14.3 Å². The molecule has 21 heavy (non-hydrogen) atoms. The third kappa shape index (κ3) is 5.42. The van der Waals surface area contributed by atoms with Crippen LogP contribution >= 0.6 is 11.8 Å². The van der Waals surface area contributed by atoms with Crippen molar-refractivity contribution in [3.63, 3.8) is 0 Å². The standard InChI is InChI=1S/C16H23NO3S/c1-4-17(5-2)16(19)15(13-10-8-7-9-11-13)21-12-14(18)20-6-3/h7-11,15H,4-6,12H2,1-3H3. The molecule has 4 nitrogen and oxygen atoms in total.